The topological polar surface area (TPSA) is 117 Å². The Hall–Kier alpha value is -2.28. The Kier molecular flexibility index (Phi) is 5.79. The average Bonchev–Trinajstić information content (AvgIpc) is 2.40. The smallest absolute Gasteiger partial charge is 0.340 e. The lowest BCUT2D eigenvalue weighted by molar-refractivity contribution is -0.122. The number of aryl methyl sites for hydroxylation is 1. The van der Waals surface area contributed by atoms with E-state index in [9.17, 15) is 9.59 Å². The fourth-order valence-electron chi connectivity index (χ4n) is 1.62. The number of methoxy groups -OCH3 is 1. The van der Waals surface area contributed by atoms with Crippen molar-refractivity contribution >= 4 is 23.3 Å². The number of nitrogens with two attached hydrogens (primary N) is 2. The second-order valence-electron chi connectivity index (χ2n) is 4.19. The van der Waals surface area contributed by atoms with Crippen molar-refractivity contribution in [3.05, 3.63) is 23.3 Å². The van der Waals surface area contributed by atoms with Gasteiger partial charge in [0.25, 0.3) is 0 Å². The summed E-state index contributed by atoms with van der Waals surface area (Å²) in [5, 5.41) is 3.07. The van der Waals surface area contributed by atoms with Crippen molar-refractivity contribution in [2.45, 2.75) is 6.92 Å². The molecule has 0 unspecified atom stereocenters. The van der Waals surface area contributed by atoms with E-state index in [-0.39, 0.29) is 6.61 Å². The number of hydrogen-bond donors (Lipinski definition) is 3. The molecule has 0 aliphatic heterocycles. The monoisotopic (exact) mass is 281 g/mol. The van der Waals surface area contributed by atoms with E-state index >= 15 is 0 Å². The van der Waals surface area contributed by atoms with Crippen LogP contribution >= 0.6 is 0 Å². The molecule has 0 aliphatic rings. The Morgan fingerprint density at radius 3 is 2.65 bits per heavy atom. The normalized spacial score (nSPS) is 10.1. The van der Waals surface area contributed by atoms with Crippen molar-refractivity contribution in [2.75, 3.05) is 37.9 Å². The van der Waals surface area contributed by atoms with Crippen molar-refractivity contribution in [3.8, 4) is 0 Å². The lowest BCUT2D eigenvalue weighted by Gasteiger charge is -2.12. The molecule has 0 spiro atoms. The molecule has 5 N–H and O–H groups in total. The number of nitrogen functional groups attached to an aromatic ring is 1. The molecule has 0 aliphatic carbocycles. The van der Waals surface area contributed by atoms with E-state index in [2.05, 4.69) is 10.1 Å². The lowest BCUT2D eigenvalue weighted by Crippen LogP contribution is -2.20. The number of carbonyl (C=O) groups is 2. The summed E-state index contributed by atoms with van der Waals surface area (Å²) in [5.74, 6) is -1.000. The third kappa shape index (κ3) is 4.43. The molecule has 0 saturated heterocycles. The van der Waals surface area contributed by atoms with Gasteiger partial charge in [-0.1, -0.05) is 0 Å². The van der Waals surface area contributed by atoms with Gasteiger partial charge >= 0.3 is 5.97 Å². The molecule has 7 heteroatoms. The summed E-state index contributed by atoms with van der Waals surface area (Å²) in [5.41, 5.74) is 13.0. The molecule has 1 rings (SSSR count). The number of nitrogens with one attached hydrogen (secondary N) is 1. The molecule has 1 aromatic rings. The summed E-state index contributed by atoms with van der Waals surface area (Å²) in [4.78, 5) is 22.1. The summed E-state index contributed by atoms with van der Waals surface area (Å²) < 4.78 is 9.69. The zero-order valence-corrected chi connectivity index (χ0v) is 11.6. The van der Waals surface area contributed by atoms with E-state index in [1.165, 1.54) is 7.11 Å². The third-order valence-corrected chi connectivity index (χ3v) is 2.61. The van der Waals surface area contributed by atoms with E-state index in [1.807, 2.05) is 6.07 Å². The number of ether oxygens (including phenoxy) is 2. The van der Waals surface area contributed by atoms with Gasteiger partial charge in [-0.2, -0.15) is 0 Å². The summed E-state index contributed by atoms with van der Waals surface area (Å²) in [7, 11) is 1.30. The molecular weight excluding hydrogens is 262 g/mol. The average molecular weight is 281 g/mol. The first-order valence-electron chi connectivity index (χ1n) is 6.04. The number of amides is 1. The van der Waals surface area contributed by atoms with Crippen molar-refractivity contribution < 1.29 is 19.1 Å². The summed E-state index contributed by atoms with van der Waals surface area (Å²) >= 11 is 0. The molecule has 20 heavy (non-hydrogen) atoms. The predicted molar refractivity (Wildman–Crippen MR) is 75.4 cm³/mol. The fraction of sp³-hybridized carbons (Fsp3) is 0.385. The Labute approximate surface area is 117 Å². The van der Waals surface area contributed by atoms with Crippen LogP contribution in [0, 0.1) is 6.92 Å². The quantitative estimate of drug-likeness (QED) is 0.375. The van der Waals surface area contributed by atoms with Crippen LogP contribution in [0.15, 0.2) is 12.1 Å². The highest BCUT2D eigenvalue weighted by Crippen LogP contribution is 2.23. The molecule has 1 amide bonds. The SMILES string of the molecule is COC(=O)c1cc(NCCOCC(N)=O)cc(C)c1N. The number of rotatable bonds is 7. The number of anilines is 2. The summed E-state index contributed by atoms with van der Waals surface area (Å²) in [6.07, 6.45) is 0. The van der Waals surface area contributed by atoms with Crippen molar-refractivity contribution in [3.63, 3.8) is 0 Å². The van der Waals surface area contributed by atoms with Crippen LogP contribution in [0.3, 0.4) is 0 Å². The van der Waals surface area contributed by atoms with Gasteiger partial charge in [-0.05, 0) is 24.6 Å². The zero-order chi connectivity index (χ0) is 15.1. The Bertz CT molecular complexity index is 503. The first-order chi connectivity index (χ1) is 9.45. The minimum Gasteiger partial charge on any atom is -0.465 e. The van der Waals surface area contributed by atoms with Crippen LogP contribution < -0.4 is 16.8 Å². The van der Waals surface area contributed by atoms with Gasteiger partial charge in [0.1, 0.15) is 6.61 Å². The van der Waals surface area contributed by atoms with Crippen LogP contribution in [0.2, 0.25) is 0 Å². The van der Waals surface area contributed by atoms with Crippen LogP contribution in [-0.4, -0.2) is 38.7 Å². The third-order valence-electron chi connectivity index (χ3n) is 2.61. The molecule has 0 bridgehead atoms. The molecule has 0 fully saturated rings. The maximum absolute atomic E-state index is 11.6. The van der Waals surface area contributed by atoms with Gasteiger partial charge in [-0.3, -0.25) is 4.79 Å². The number of esters is 1. The molecule has 7 nitrogen and oxygen atoms in total. The molecule has 110 valence electrons. The zero-order valence-electron chi connectivity index (χ0n) is 11.6. The van der Waals surface area contributed by atoms with Gasteiger partial charge in [-0.15, -0.1) is 0 Å². The second-order valence-corrected chi connectivity index (χ2v) is 4.19. The molecule has 0 saturated carbocycles. The number of carbonyl (C=O) groups excluding carboxylic acids is 2. The van der Waals surface area contributed by atoms with Gasteiger partial charge in [0, 0.05) is 17.9 Å². The summed E-state index contributed by atoms with van der Waals surface area (Å²) in [6.45, 7) is 2.48. The highest BCUT2D eigenvalue weighted by molar-refractivity contribution is 5.97. The minimum atomic E-state index is -0.513. The first kappa shape index (κ1) is 15.8. The van der Waals surface area contributed by atoms with Gasteiger partial charge < -0.3 is 26.3 Å². The van der Waals surface area contributed by atoms with E-state index in [4.69, 9.17) is 16.2 Å². The van der Waals surface area contributed by atoms with Crippen LogP contribution in [-0.2, 0) is 14.3 Å². The molecule has 0 atom stereocenters. The van der Waals surface area contributed by atoms with Crippen molar-refractivity contribution in [2.24, 2.45) is 5.73 Å². The number of benzene rings is 1. The molecule has 0 radical (unpaired) electrons. The van der Waals surface area contributed by atoms with E-state index < -0.39 is 11.9 Å². The lowest BCUT2D eigenvalue weighted by atomic mass is 10.1. The molecule has 0 aromatic heterocycles. The Morgan fingerprint density at radius 1 is 1.35 bits per heavy atom. The largest absolute Gasteiger partial charge is 0.465 e. The highest BCUT2D eigenvalue weighted by Gasteiger charge is 2.13. The number of hydrogen-bond acceptors (Lipinski definition) is 6. The maximum Gasteiger partial charge on any atom is 0.340 e. The predicted octanol–water partition coefficient (Wildman–Crippen LogP) is 0.278. The molecular formula is C13H19N3O4. The van der Waals surface area contributed by atoms with Crippen LogP contribution in [0.5, 0.6) is 0 Å². The first-order valence-corrected chi connectivity index (χ1v) is 6.04. The summed E-state index contributed by atoms with van der Waals surface area (Å²) in [6, 6.07) is 3.43. The van der Waals surface area contributed by atoms with Crippen molar-refractivity contribution in [1.29, 1.82) is 0 Å². The number of primary amides is 1. The van der Waals surface area contributed by atoms with Crippen LogP contribution in [0.25, 0.3) is 0 Å². The van der Waals surface area contributed by atoms with Gasteiger partial charge in [0.2, 0.25) is 5.91 Å². The van der Waals surface area contributed by atoms with Crippen LogP contribution in [0.1, 0.15) is 15.9 Å². The fourth-order valence-corrected chi connectivity index (χ4v) is 1.62. The van der Waals surface area contributed by atoms with Crippen LogP contribution in [0.4, 0.5) is 11.4 Å². The standard InChI is InChI=1S/C13H19N3O4/c1-8-5-9(16-3-4-20-7-11(14)17)6-10(12(8)15)13(18)19-2/h5-6,16H,3-4,7,15H2,1-2H3,(H2,14,17). The minimum absolute atomic E-state index is 0.115. The van der Waals surface area contributed by atoms with Crippen molar-refractivity contribution in [1.82, 2.24) is 0 Å². The van der Waals surface area contributed by atoms with E-state index in [1.54, 1.807) is 13.0 Å². The molecule has 0 heterocycles. The maximum atomic E-state index is 11.6. The highest BCUT2D eigenvalue weighted by atomic mass is 16.5. The molecule has 1 aromatic carbocycles. The van der Waals surface area contributed by atoms with Gasteiger partial charge in [0.05, 0.1) is 19.3 Å². The van der Waals surface area contributed by atoms with Gasteiger partial charge in [-0.25, -0.2) is 4.79 Å². The van der Waals surface area contributed by atoms with Gasteiger partial charge in [0.15, 0.2) is 0 Å². The Balaban J connectivity index is 2.65. The van der Waals surface area contributed by atoms with E-state index in [0.29, 0.717) is 24.4 Å². The second kappa shape index (κ2) is 7.34. The Morgan fingerprint density at radius 2 is 2.05 bits per heavy atom. The van der Waals surface area contributed by atoms with E-state index in [0.717, 1.165) is 11.3 Å².